The molecule has 2 N–H and O–H groups in total. The molecule has 0 bridgehead atoms. The van der Waals surface area contributed by atoms with Crippen LogP contribution < -0.4 is 11.3 Å². The summed E-state index contributed by atoms with van der Waals surface area (Å²) in [6.07, 6.45) is 1.90. The first-order valence-electron chi connectivity index (χ1n) is 7.44. The quantitative estimate of drug-likeness (QED) is 0.781. The molecule has 3 aromatic heterocycles. The molecule has 0 amide bonds. The number of rotatable bonds is 5. The van der Waals surface area contributed by atoms with Crippen molar-refractivity contribution in [3.05, 3.63) is 34.2 Å². The van der Waals surface area contributed by atoms with Gasteiger partial charge in [-0.25, -0.2) is 4.98 Å². The van der Waals surface area contributed by atoms with E-state index in [0.717, 1.165) is 29.8 Å². The average molecular weight is 286 g/mol. The molecule has 3 rings (SSSR count). The largest absolute Gasteiger partial charge is 0.330 e. The molecule has 0 spiro atoms. The predicted octanol–water partition coefficient (Wildman–Crippen LogP) is 2.16. The van der Waals surface area contributed by atoms with Crippen molar-refractivity contribution in [2.45, 2.75) is 40.2 Å². The second kappa shape index (κ2) is 4.84. The Morgan fingerprint density at radius 2 is 2.05 bits per heavy atom. The summed E-state index contributed by atoms with van der Waals surface area (Å²) < 4.78 is 3.84. The van der Waals surface area contributed by atoms with Crippen molar-refractivity contribution in [3.63, 3.8) is 0 Å². The van der Waals surface area contributed by atoms with E-state index >= 15 is 0 Å². The van der Waals surface area contributed by atoms with Crippen molar-refractivity contribution < 1.29 is 0 Å². The summed E-state index contributed by atoms with van der Waals surface area (Å²) >= 11 is 0. The number of aryl methyl sites for hydroxylation is 2. The van der Waals surface area contributed by atoms with E-state index in [9.17, 15) is 4.79 Å². The number of aromatic nitrogens is 3. The van der Waals surface area contributed by atoms with E-state index in [1.165, 1.54) is 0 Å². The van der Waals surface area contributed by atoms with Crippen LogP contribution in [0.4, 0.5) is 0 Å². The van der Waals surface area contributed by atoms with Crippen LogP contribution in [-0.2, 0) is 6.54 Å². The highest BCUT2D eigenvalue weighted by Gasteiger charge is 2.21. The lowest BCUT2D eigenvalue weighted by Gasteiger charge is -2.23. The summed E-state index contributed by atoms with van der Waals surface area (Å²) in [5.41, 5.74) is 9.15. The van der Waals surface area contributed by atoms with Gasteiger partial charge in [0.05, 0.1) is 5.69 Å². The number of hydrogen-bond acceptors (Lipinski definition) is 3. The molecule has 0 saturated heterocycles. The third-order valence-electron chi connectivity index (χ3n) is 4.35. The van der Waals surface area contributed by atoms with Crippen LogP contribution in [-0.4, -0.2) is 20.5 Å². The van der Waals surface area contributed by atoms with E-state index in [0.29, 0.717) is 18.6 Å². The third kappa shape index (κ3) is 2.21. The molecule has 0 atom stereocenters. The molecular formula is C16H22N4O. The van der Waals surface area contributed by atoms with Crippen molar-refractivity contribution in [1.82, 2.24) is 14.0 Å². The Morgan fingerprint density at radius 1 is 1.29 bits per heavy atom. The standard InChI is InChI=1S/C16H22N4O/c1-11-14-15(21)19(10-8-16(2,3)7-9-17)13-6-4-5-12(18-11)20(13)14/h4-6H,7-10,17H2,1-3H3. The predicted molar refractivity (Wildman–Crippen MR) is 85.0 cm³/mol. The molecule has 21 heavy (non-hydrogen) atoms. The van der Waals surface area contributed by atoms with Gasteiger partial charge in [-0.05, 0) is 43.9 Å². The fourth-order valence-corrected chi connectivity index (χ4v) is 3.03. The molecule has 0 aliphatic heterocycles. The monoisotopic (exact) mass is 286 g/mol. The van der Waals surface area contributed by atoms with Gasteiger partial charge in [0, 0.05) is 6.54 Å². The summed E-state index contributed by atoms with van der Waals surface area (Å²) in [6, 6.07) is 5.88. The normalized spacial score (nSPS) is 12.8. The number of nitrogens with zero attached hydrogens (tertiary/aromatic N) is 3. The molecule has 0 unspecified atom stereocenters. The van der Waals surface area contributed by atoms with Crippen molar-refractivity contribution in [2.75, 3.05) is 6.54 Å². The second-order valence-electron chi connectivity index (χ2n) is 6.53. The van der Waals surface area contributed by atoms with Crippen molar-refractivity contribution in [1.29, 1.82) is 0 Å². The van der Waals surface area contributed by atoms with E-state index in [2.05, 4.69) is 18.8 Å². The van der Waals surface area contributed by atoms with Crippen molar-refractivity contribution in [2.24, 2.45) is 11.1 Å². The van der Waals surface area contributed by atoms with Crippen LogP contribution in [0.3, 0.4) is 0 Å². The van der Waals surface area contributed by atoms with Crippen LogP contribution in [0.15, 0.2) is 23.0 Å². The first-order chi connectivity index (χ1) is 9.94. The Balaban J connectivity index is 2.05. The highest BCUT2D eigenvalue weighted by atomic mass is 16.1. The summed E-state index contributed by atoms with van der Waals surface area (Å²) in [5.74, 6) is 0. The summed E-state index contributed by atoms with van der Waals surface area (Å²) in [7, 11) is 0. The van der Waals surface area contributed by atoms with Gasteiger partial charge in [-0.2, -0.15) is 0 Å². The second-order valence-corrected chi connectivity index (χ2v) is 6.53. The van der Waals surface area contributed by atoms with E-state index in [-0.39, 0.29) is 11.0 Å². The van der Waals surface area contributed by atoms with Gasteiger partial charge in [0.2, 0.25) is 0 Å². The summed E-state index contributed by atoms with van der Waals surface area (Å²) in [4.78, 5) is 17.1. The van der Waals surface area contributed by atoms with Crippen LogP contribution >= 0.6 is 0 Å². The molecule has 0 radical (unpaired) electrons. The maximum absolute atomic E-state index is 12.7. The van der Waals surface area contributed by atoms with Crippen molar-refractivity contribution >= 4 is 16.8 Å². The zero-order valence-corrected chi connectivity index (χ0v) is 12.9. The Morgan fingerprint density at radius 3 is 2.76 bits per heavy atom. The minimum absolute atomic E-state index is 0.0600. The SMILES string of the molecule is Cc1nc2cccc3n(CCC(C)(C)CCN)c(=O)c1n23. The lowest BCUT2D eigenvalue weighted by molar-refractivity contribution is 0.294. The number of hydrogen-bond donors (Lipinski definition) is 1. The smallest absolute Gasteiger partial charge is 0.278 e. The fraction of sp³-hybridized carbons (Fsp3) is 0.500. The molecule has 3 heterocycles. The average Bonchev–Trinajstić information content (AvgIpc) is 2.89. The maximum Gasteiger partial charge on any atom is 0.278 e. The summed E-state index contributed by atoms with van der Waals surface area (Å²) in [5, 5.41) is 0. The Kier molecular flexibility index (Phi) is 3.24. The third-order valence-corrected chi connectivity index (χ3v) is 4.35. The van der Waals surface area contributed by atoms with Gasteiger partial charge < -0.3 is 5.73 Å². The number of imidazole rings is 2. The number of pyridine rings is 1. The van der Waals surface area contributed by atoms with Gasteiger partial charge in [0.1, 0.15) is 16.8 Å². The van der Waals surface area contributed by atoms with Gasteiger partial charge in [0.25, 0.3) is 5.56 Å². The zero-order chi connectivity index (χ0) is 15.2. The lowest BCUT2D eigenvalue weighted by atomic mass is 9.86. The van der Waals surface area contributed by atoms with Gasteiger partial charge in [0.15, 0.2) is 0 Å². The van der Waals surface area contributed by atoms with Gasteiger partial charge in [-0.1, -0.05) is 19.9 Å². The molecule has 5 heteroatoms. The highest BCUT2D eigenvalue weighted by molar-refractivity contribution is 5.69. The fourth-order valence-electron chi connectivity index (χ4n) is 3.03. The van der Waals surface area contributed by atoms with Crippen LogP contribution in [0.25, 0.3) is 16.8 Å². The summed E-state index contributed by atoms with van der Waals surface area (Å²) in [6.45, 7) is 7.69. The number of nitrogens with two attached hydrogens (primary N) is 1. The molecular weight excluding hydrogens is 264 g/mol. The molecule has 0 aliphatic rings. The molecule has 0 fully saturated rings. The van der Waals surface area contributed by atoms with Crippen LogP contribution in [0, 0.1) is 12.3 Å². The highest BCUT2D eigenvalue weighted by Crippen LogP contribution is 2.26. The van der Waals surface area contributed by atoms with E-state index in [1.807, 2.05) is 34.1 Å². The van der Waals surface area contributed by atoms with E-state index < -0.39 is 0 Å². The molecule has 5 nitrogen and oxygen atoms in total. The van der Waals surface area contributed by atoms with Gasteiger partial charge in [-0.3, -0.25) is 13.8 Å². The lowest BCUT2D eigenvalue weighted by Crippen LogP contribution is -2.23. The van der Waals surface area contributed by atoms with Gasteiger partial charge in [-0.15, -0.1) is 0 Å². The molecule has 0 aliphatic carbocycles. The van der Waals surface area contributed by atoms with E-state index in [4.69, 9.17) is 5.73 Å². The Hall–Kier alpha value is -1.88. The molecule has 0 aromatic carbocycles. The van der Waals surface area contributed by atoms with Crippen LogP contribution in [0.5, 0.6) is 0 Å². The Labute approximate surface area is 123 Å². The maximum atomic E-state index is 12.7. The van der Waals surface area contributed by atoms with Crippen LogP contribution in [0.2, 0.25) is 0 Å². The van der Waals surface area contributed by atoms with E-state index in [1.54, 1.807) is 0 Å². The molecule has 0 saturated carbocycles. The zero-order valence-electron chi connectivity index (χ0n) is 12.9. The van der Waals surface area contributed by atoms with Gasteiger partial charge >= 0.3 is 0 Å². The Bertz CT molecular complexity index is 828. The van der Waals surface area contributed by atoms with Crippen LogP contribution in [0.1, 0.15) is 32.4 Å². The molecule has 112 valence electrons. The first kappa shape index (κ1) is 14.1. The minimum atomic E-state index is 0.0600. The first-order valence-corrected chi connectivity index (χ1v) is 7.44. The topological polar surface area (TPSA) is 65.3 Å². The van der Waals surface area contributed by atoms with Crippen molar-refractivity contribution in [3.8, 4) is 0 Å². The molecule has 3 aromatic rings. The minimum Gasteiger partial charge on any atom is -0.330 e.